The van der Waals surface area contributed by atoms with E-state index in [1.54, 1.807) is 36.4 Å². The number of nitrogens with one attached hydrogen (secondary N) is 1. The van der Waals surface area contributed by atoms with E-state index in [1.165, 1.54) is 13.2 Å². The van der Waals surface area contributed by atoms with Crippen LogP contribution in [0.4, 0.5) is 0 Å². The van der Waals surface area contributed by atoms with Gasteiger partial charge in [0, 0.05) is 22.9 Å². The molecule has 0 atom stereocenters. The summed E-state index contributed by atoms with van der Waals surface area (Å²) in [6.45, 7) is 4.09. The number of para-hydroxylation sites is 1. The van der Waals surface area contributed by atoms with Crippen LogP contribution in [0.2, 0.25) is 0 Å². The summed E-state index contributed by atoms with van der Waals surface area (Å²) in [4.78, 5) is 24.1. The summed E-state index contributed by atoms with van der Waals surface area (Å²) in [5.41, 5.74) is 2.79. The van der Waals surface area contributed by atoms with Crippen LogP contribution in [-0.4, -0.2) is 29.5 Å². The zero-order chi connectivity index (χ0) is 18.9. The molecule has 134 valence electrons. The SMILES string of the molecule is COc1ccccc1C(=O)/C=C1\NC(C)(C)Cc2ccc(C(=O)O)cc21. The molecular weight excluding hydrogens is 330 g/mol. The standard InChI is InChI=1S/C21H21NO4/c1-21(2)12-14-9-8-13(20(24)25)10-16(14)17(22-21)11-18(23)15-6-4-5-7-19(15)26-3/h4-11,22H,12H2,1-3H3,(H,24,25)/b17-11-. The number of benzene rings is 2. The number of ketones is 1. The lowest BCUT2D eigenvalue weighted by Gasteiger charge is -2.35. The van der Waals surface area contributed by atoms with Gasteiger partial charge < -0.3 is 15.2 Å². The number of methoxy groups -OCH3 is 1. The van der Waals surface area contributed by atoms with Crippen molar-refractivity contribution >= 4 is 17.4 Å². The first kappa shape index (κ1) is 17.7. The molecule has 2 aromatic carbocycles. The van der Waals surface area contributed by atoms with Crippen molar-refractivity contribution in [2.24, 2.45) is 0 Å². The van der Waals surface area contributed by atoms with E-state index < -0.39 is 5.97 Å². The number of carboxylic acids is 1. The third-order valence-electron chi connectivity index (χ3n) is 4.40. The molecule has 2 aromatic rings. The molecular formula is C21H21NO4. The van der Waals surface area contributed by atoms with Gasteiger partial charge >= 0.3 is 5.97 Å². The van der Waals surface area contributed by atoms with E-state index in [0.29, 0.717) is 17.0 Å². The number of carbonyl (C=O) groups excluding carboxylic acids is 1. The topological polar surface area (TPSA) is 75.6 Å². The van der Waals surface area contributed by atoms with Gasteiger partial charge in [-0.15, -0.1) is 0 Å². The highest BCUT2D eigenvalue weighted by Gasteiger charge is 2.29. The van der Waals surface area contributed by atoms with Crippen molar-refractivity contribution in [3.05, 3.63) is 70.8 Å². The average molecular weight is 351 g/mol. The van der Waals surface area contributed by atoms with E-state index >= 15 is 0 Å². The number of hydrogen-bond acceptors (Lipinski definition) is 4. The molecule has 3 rings (SSSR count). The highest BCUT2D eigenvalue weighted by molar-refractivity contribution is 6.10. The van der Waals surface area contributed by atoms with Gasteiger partial charge in [0.1, 0.15) is 5.75 Å². The Balaban J connectivity index is 2.09. The van der Waals surface area contributed by atoms with Gasteiger partial charge in [0.05, 0.1) is 18.2 Å². The number of fused-ring (bicyclic) bond motifs is 1. The number of hydrogen-bond donors (Lipinski definition) is 2. The van der Waals surface area contributed by atoms with E-state index in [4.69, 9.17) is 4.74 Å². The molecule has 0 saturated carbocycles. The first-order valence-electron chi connectivity index (χ1n) is 8.34. The lowest BCUT2D eigenvalue weighted by molar-refractivity contribution is 0.0696. The zero-order valence-electron chi connectivity index (χ0n) is 15.0. The van der Waals surface area contributed by atoms with Crippen molar-refractivity contribution in [3.63, 3.8) is 0 Å². The third-order valence-corrected chi connectivity index (χ3v) is 4.40. The van der Waals surface area contributed by atoms with Gasteiger partial charge in [0.2, 0.25) is 0 Å². The minimum absolute atomic E-state index is 0.195. The van der Waals surface area contributed by atoms with Crippen LogP contribution in [0.25, 0.3) is 5.70 Å². The minimum atomic E-state index is -0.993. The van der Waals surface area contributed by atoms with Crippen molar-refractivity contribution in [1.82, 2.24) is 5.32 Å². The smallest absolute Gasteiger partial charge is 0.335 e. The first-order valence-corrected chi connectivity index (χ1v) is 8.34. The number of carboxylic acid groups (broad SMARTS) is 1. The molecule has 1 aliphatic heterocycles. The molecule has 1 heterocycles. The van der Waals surface area contributed by atoms with Crippen LogP contribution in [0.3, 0.4) is 0 Å². The third kappa shape index (κ3) is 3.47. The largest absolute Gasteiger partial charge is 0.496 e. The van der Waals surface area contributed by atoms with Crippen LogP contribution in [0.1, 0.15) is 45.7 Å². The number of allylic oxidation sites excluding steroid dienone is 1. The van der Waals surface area contributed by atoms with Crippen LogP contribution >= 0.6 is 0 Å². The molecule has 1 aliphatic rings. The number of ether oxygens (including phenoxy) is 1. The maximum absolute atomic E-state index is 12.8. The predicted octanol–water partition coefficient (Wildman–Crippen LogP) is 3.54. The second-order valence-corrected chi connectivity index (χ2v) is 6.99. The fourth-order valence-electron chi connectivity index (χ4n) is 3.24. The fraction of sp³-hybridized carbons (Fsp3) is 0.238. The van der Waals surface area contributed by atoms with Gasteiger partial charge in [0.25, 0.3) is 0 Å². The van der Waals surface area contributed by atoms with Gasteiger partial charge in [-0.05, 0) is 50.1 Å². The maximum atomic E-state index is 12.8. The molecule has 5 nitrogen and oxygen atoms in total. The Labute approximate surface area is 152 Å². The Hall–Kier alpha value is -3.08. The monoisotopic (exact) mass is 351 g/mol. The van der Waals surface area contributed by atoms with Crippen molar-refractivity contribution < 1.29 is 19.4 Å². The number of aromatic carboxylic acids is 1. The number of carbonyl (C=O) groups is 2. The summed E-state index contributed by atoms with van der Waals surface area (Å²) >= 11 is 0. The van der Waals surface area contributed by atoms with Gasteiger partial charge in [-0.25, -0.2) is 4.79 Å². The molecule has 0 unspecified atom stereocenters. The highest BCUT2D eigenvalue weighted by Crippen LogP contribution is 2.31. The quantitative estimate of drug-likeness (QED) is 0.651. The second-order valence-electron chi connectivity index (χ2n) is 6.99. The summed E-state index contributed by atoms with van der Waals surface area (Å²) in [5.74, 6) is -0.689. The first-order chi connectivity index (χ1) is 12.3. The van der Waals surface area contributed by atoms with Crippen LogP contribution in [-0.2, 0) is 6.42 Å². The van der Waals surface area contributed by atoms with E-state index in [2.05, 4.69) is 5.32 Å². The van der Waals surface area contributed by atoms with E-state index in [9.17, 15) is 14.7 Å². The molecule has 0 spiro atoms. The molecule has 0 aromatic heterocycles. The van der Waals surface area contributed by atoms with Crippen molar-refractivity contribution in [1.29, 1.82) is 0 Å². The van der Waals surface area contributed by atoms with E-state index in [1.807, 2.05) is 19.9 Å². The Morgan fingerprint density at radius 3 is 2.62 bits per heavy atom. The predicted molar refractivity (Wildman–Crippen MR) is 99.6 cm³/mol. The average Bonchev–Trinajstić information content (AvgIpc) is 2.60. The second kappa shape index (κ2) is 6.67. The summed E-state index contributed by atoms with van der Waals surface area (Å²) in [6, 6.07) is 12.1. The van der Waals surface area contributed by atoms with Crippen molar-refractivity contribution in [2.45, 2.75) is 25.8 Å². The van der Waals surface area contributed by atoms with E-state index in [0.717, 1.165) is 17.5 Å². The molecule has 0 amide bonds. The fourth-order valence-corrected chi connectivity index (χ4v) is 3.24. The van der Waals surface area contributed by atoms with Crippen LogP contribution in [0, 0.1) is 0 Å². The van der Waals surface area contributed by atoms with Crippen LogP contribution in [0.15, 0.2) is 48.5 Å². The Kier molecular flexibility index (Phi) is 4.55. The van der Waals surface area contributed by atoms with Crippen molar-refractivity contribution in [3.8, 4) is 5.75 Å². The Morgan fingerprint density at radius 2 is 1.92 bits per heavy atom. The molecule has 0 aliphatic carbocycles. The Bertz CT molecular complexity index is 912. The normalized spacial score (nSPS) is 16.5. The van der Waals surface area contributed by atoms with Gasteiger partial charge in [-0.2, -0.15) is 0 Å². The maximum Gasteiger partial charge on any atom is 0.335 e. The molecule has 5 heteroatoms. The highest BCUT2D eigenvalue weighted by atomic mass is 16.5. The van der Waals surface area contributed by atoms with Gasteiger partial charge in [-0.3, -0.25) is 4.79 Å². The molecule has 0 fully saturated rings. The lowest BCUT2D eigenvalue weighted by Crippen LogP contribution is -2.44. The summed E-state index contributed by atoms with van der Waals surface area (Å²) in [6.07, 6.45) is 2.26. The number of rotatable bonds is 4. The minimum Gasteiger partial charge on any atom is -0.496 e. The van der Waals surface area contributed by atoms with Crippen LogP contribution in [0.5, 0.6) is 5.75 Å². The van der Waals surface area contributed by atoms with Crippen LogP contribution < -0.4 is 10.1 Å². The molecule has 0 saturated heterocycles. The van der Waals surface area contributed by atoms with Gasteiger partial charge in [0.15, 0.2) is 5.78 Å². The Morgan fingerprint density at radius 1 is 1.19 bits per heavy atom. The lowest BCUT2D eigenvalue weighted by atomic mass is 9.84. The summed E-state index contributed by atoms with van der Waals surface area (Å²) in [7, 11) is 1.52. The summed E-state index contributed by atoms with van der Waals surface area (Å²) < 4.78 is 5.27. The summed E-state index contributed by atoms with van der Waals surface area (Å²) in [5, 5.41) is 12.6. The van der Waals surface area contributed by atoms with Gasteiger partial charge in [-0.1, -0.05) is 18.2 Å². The zero-order valence-corrected chi connectivity index (χ0v) is 15.0. The molecule has 26 heavy (non-hydrogen) atoms. The van der Waals surface area contributed by atoms with Crippen molar-refractivity contribution in [2.75, 3.05) is 7.11 Å². The molecule has 0 bridgehead atoms. The molecule has 0 radical (unpaired) electrons. The molecule has 2 N–H and O–H groups in total. The van der Waals surface area contributed by atoms with E-state index in [-0.39, 0.29) is 16.9 Å².